The Morgan fingerprint density at radius 1 is 0.615 bits per heavy atom. The standard InChI is InChI=1S/C22H44O4/c1-2-3-4-5-6-7-8-9-10-11-12-13-14-16-20(23)17-15-18-21(24)19-22(25)26/h20-21,23-24H,2-19H2,1H3,(H,25,26). The van der Waals surface area contributed by atoms with E-state index >= 15 is 0 Å². The molecule has 0 saturated heterocycles. The summed E-state index contributed by atoms with van der Waals surface area (Å²) in [6.07, 6.45) is 18.6. The van der Waals surface area contributed by atoms with Crippen LogP contribution in [0.3, 0.4) is 0 Å². The molecule has 0 spiro atoms. The molecule has 3 N–H and O–H groups in total. The van der Waals surface area contributed by atoms with Crippen LogP contribution in [-0.2, 0) is 4.79 Å². The molecule has 4 heteroatoms. The van der Waals surface area contributed by atoms with Crippen LogP contribution in [0.1, 0.15) is 122 Å². The molecule has 0 radical (unpaired) electrons. The van der Waals surface area contributed by atoms with Crippen molar-refractivity contribution in [2.45, 2.75) is 135 Å². The second-order valence-electron chi connectivity index (χ2n) is 7.87. The molecule has 0 saturated carbocycles. The first kappa shape index (κ1) is 25.4. The van der Waals surface area contributed by atoms with Gasteiger partial charge in [-0.2, -0.15) is 0 Å². The minimum absolute atomic E-state index is 0.199. The summed E-state index contributed by atoms with van der Waals surface area (Å²) in [5.74, 6) is -0.968. The van der Waals surface area contributed by atoms with Gasteiger partial charge < -0.3 is 15.3 Å². The van der Waals surface area contributed by atoms with Crippen LogP contribution in [0.5, 0.6) is 0 Å². The quantitative estimate of drug-likeness (QED) is 0.235. The fourth-order valence-corrected chi connectivity index (χ4v) is 3.43. The fraction of sp³-hybridized carbons (Fsp3) is 0.955. The highest BCUT2D eigenvalue weighted by molar-refractivity contribution is 5.67. The molecule has 4 nitrogen and oxygen atoms in total. The molecule has 156 valence electrons. The zero-order valence-electron chi connectivity index (χ0n) is 17.1. The van der Waals surface area contributed by atoms with Crippen LogP contribution in [0.15, 0.2) is 0 Å². The Morgan fingerprint density at radius 3 is 1.46 bits per heavy atom. The van der Waals surface area contributed by atoms with Gasteiger partial charge in [0, 0.05) is 0 Å². The van der Waals surface area contributed by atoms with Gasteiger partial charge in [-0.1, -0.05) is 90.4 Å². The normalized spacial score (nSPS) is 13.7. The third kappa shape index (κ3) is 19.7. The van der Waals surface area contributed by atoms with Crippen LogP contribution in [0.2, 0.25) is 0 Å². The Kier molecular flexibility index (Phi) is 18.7. The molecule has 0 aromatic rings. The van der Waals surface area contributed by atoms with E-state index in [1.54, 1.807) is 0 Å². The number of carboxylic acids is 1. The van der Waals surface area contributed by atoms with Crippen LogP contribution < -0.4 is 0 Å². The van der Waals surface area contributed by atoms with Gasteiger partial charge in [0.1, 0.15) is 0 Å². The van der Waals surface area contributed by atoms with Gasteiger partial charge in [-0.3, -0.25) is 4.79 Å². The van der Waals surface area contributed by atoms with Gasteiger partial charge in [-0.15, -0.1) is 0 Å². The maximum Gasteiger partial charge on any atom is 0.305 e. The summed E-state index contributed by atoms with van der Waals surface area (Å²) in [5, 5.41) is 28.0. The van der Waals surface area contributed by atoms with E-state index in [1.165, 1.54) is 77.0 Å². The Bertz CT molecular complexity index is 307. The predicted molar refractivity (Wildman–Crippen MR) is 108 cm³/mol. The Labute approximate surface area is 161 Å². The smallest absolute Gasteiger partial charge is 0.305 e. The molecule has 0 bridgehead atoms. The number of unbranched alkanes of at least 4 members (excludes halogenated alkanes) is 12. The van der Waals surface area contributed by atoms with E-state index in [0.29, 0.717) is 19.3 Å². The molecule has 0 aliphatic heterocycles. The number of rotatable bonds is 20. The van der Waals surface area contributed by atoms with Gasteiger partial charge in [0.2, 0.25) is 0 Å². The lowest BCUT2D eigenvalue weighted by molar-refractivity contribution is -0.139. The molecule has 0 fully saturated rings. The Balaban J connectivity index is 3.23. The van der Waals surface area contributed by atoms with Gasteiger partial charge in [0.25, 0.3) is 0 Å². The zero-order valence-corrected chi connectivity index (χ0v) is 17.1. The van der Waals surface area contributed by atoms with Crippen LogP contribution in [0, 0.1) is 0 Å². The second kappa shape index (κ2) is 19.2. The van der Waals surface area contributed by atoms with Crippen molar-refractivity contribution >= 4 is 5.97 Å². The van der Waals surface area contributed by atoms with Gasteiger partial charge in [0.05, 0.1) is 18.6 Å². The molecule has 0 aliphatic rings. The zero-order chi connectivity index (χ0) is 19.5. The van der Waals surface area contributed by atoms with Gasteiger partial charge in [0.15, 0.2) is 0 Å². The van der Waals surface area contributed by atoms with E-state index in [2.05, 4.69) is 6.92 Å². The summed E-state index contributed by atoms with van der Waals surface area (Å²) >= 11 is 0. The largest absolute Gasteiger partial charge is 0.481 e. The molecule has 0 aromatic carbocycles. The number of aliphatic hydroxyl groups is 2. The Hall–Kier alpha value is -0.610. The van der Waals surface area contributed by atoms with Crippen molar-refractivity contribution in [1.29, 1.82) is 0 Å². The number of hydrogen-bond acceptors (Lipinski definition) is 3. The van der Waals surface area contributed by atoms with E-state index in [4.69, 9.17) is 5.11 Å². The minimum atomic E-state index is -0.968. The maximum atomic E-state index is 10.4. The molecule has 0 aromatic heterocycles. The van der Waals surface area contributed by atoms with E-state index in [0.717, 1.165) is 12.8 Å². The lowest BCUT2D eigenvalue weighted by atomic mass is 10.0. The second-order valence-corrected chi connectivity index (χ2v) is 7.87. The van der Waals surface area contributed by atoms with Crippen molar-refractivity contribution < 1.29 is 20.1 Å². The first-order chi connectivity index (χ1) is 12.6. The molecular weight excluding hydrogens is 328 g/mol. The molecule has 2 atom stereocenters. The average Bonchev–Trinajstić information content (AvgIpc) is 2.58. The average molecular weight is 373 g/mol. The number of aliphatic carboxylic acids is 1. The lowest BCUT2D eigenvalue weighted by Gasteiger charge is -2.12. The minimum Gasteiger partial charge on any atom is -0.481 e. The van der Waals surface area contributed by atoms with E-state index in [1.807, 2.05) is 0 Å². The predicted octanol–water partition coefficient (Wildman–Crippen LogP) is 5.83. The molecule has 0 aliphatic carbocycles. The fourth-order valence-electron chi connectivity index (χ4n) is 3.43. The monoisotopic (exact) mass is 372 g/mol. The molecule has 0 heterocycles. The highest BCUT2D eigenvalue weighted by atomic mass is 16.4. The van der Waals surface area contributed by atoms with Crippen LogP contribution in [-0.4, -0.2) is 33.5 Å². The van der Waals surface area contributed by atoms with Gasteiger partial charge >= 0.3 is 5.97 Å². The van der Waals surface area contributed by atoms with Crippen molar-refractivity contribution in [1.82, 2.24) is 0 Å². The summed E-state index contributed by atoms with van der Waals surface area (Å²) in [5.41, 5.74) is 0. The van der Waals surface area contributed by atoms with Gasteiger partial charge in [-0.05, 0) is 25.7 Å². The van der Waals surface area contributed by atoms with Gasteiger partial charge in [-0.25, -0.2) is 0 Å². The highest BCUT2D eigenvalue weighted by Crippen LogP contribution is 2.15. The third-order valence-corrected chi connectivity index (χ3v) is 5.13. The lowest BCUT2D eigenvalue weighted by Crippen LogP contribution is -2.14. The van der Waals surface area contributed by atoms with Crippen molar-refractivity contribution in [3.63, 3.8) is 0 Å². The molecular formula is C22H44O4. The van der Waals surface area contributed by atoms with E-state index in [-0.39, 0.29) is 12.5 Å². The number of carbonyl (C=O) groups is 1. The van der Waals surface area contributed by atoms with Crippen molar-refractivity contribution in [3.8, 4) is 0 Å². The summed E-state index contributed by atoms with van der Waals surface area (Å²) in [7, 11) is 0. The highest BCUT2D eigenvalue weighted by Gasteiger charge is 2.10. The first-order valence-corrected chi connectivity index (χ1v) is 11.1. The Morgan fingerprint density at radius 2 is 1.00 bits per heavy atom. The van der Waals surface area contributed by atoms with Crippen LogP contribution in [0.25, 0.3) is 0 Å². The van der Waals surface area contributed by atoms with Crippen LogP contribution >= 0.6 is 0 Å². The number of carboxylic acid groups (broad SMARTS) is 1. The molecule has 0 amide bonds. The third-order valence-electron chi connectivity index (χ3n) is 5.13. The molecule has 26 heavy (non-hydrogen) atoms. The van der Waals surface area contributed by atoms with E-state index < -0.39 is 12.1 Å². The molecule has 2 unspecified atom stereocenters. The SMILES string of the molecule is CCCCCCCCCCCCCCCC(O)CCCC(O)CC(=O)O. The summed E-state index contributed by atoms with van der Waals surface area (Å²) < 4.78 is 0. The topological polar surface area (TPSA) is 77.8 Å². The maximum absolute atomic E-state index is 10.4. The first-order valence-electron chi connectivity index (χ1n) is 11.1. The van der Waals surface area contributed by atoms with Crippen LogP contribution in [0.4, 0.5) is 0 Å². The van der Waals surface area contributed by atoms with E-state index in [9.17, 15) is 15.0 Å². The number of hydrogen-bond donors (Lipinski definition) is 3. The van der Waals surface area contributed by atoms with Crippen molar-refractivity contribution in [3.05, 3.63) is 0 Å². The van der Waals surface area contributed by atoms with Crippen molar-refractivity contribution in [2.75, 3.05) is 0 Å². The summed E-state index contributed by atoms with van der Waals surface area (Å²) in [6.45, 7) is 2.26. The number of aliphatic hydroxyl groups excluding tert-OH is 2. The van der Waals surface area contributed by atoms with Crippen molar-refractivity contribution in [2.24, 2.45) is 0 Å². The summed E-state index contributed by atoms with van der Waals surface area (Å²) in [4.78, 5) is 10.4. The molecule has 0 rings (SSSR count). The summed E-state index contributed by atoms with van der Waals surface area (Å²) in [6, 6.07) is 0.